The van der Waals surface area contributed by atoms with Crippen molar-refractivity contribution < 1.29 is 14.3 Å². The lowest BCUT2D eigenvalue weighted by Gasteiger charge is -2.09. The molecular formula is C15H15NO3. The van der Waals surface area contributed by atoms with Gasteiger partial charge >= 0.3 is 0 Å². The molecule has 0 aromatic heterocycles. The lowest BCUT2D eigenvalue weighted by atomic mass is 10.0. The van der Waals surface area contributed by atoms with Crippen molar-refractivity contribution >= 4 is 11.5 Å². The molecule has 2 rings (SSSR count). The van der Waals surface area contributed by atoms with E-state index in [2.05, 4.69) is 0 Å². The summed E-state index contributed by atoms with van der Waals surface area (Å²) in [4.78, 5) is 12.4. The van der Waals surface area contributed by atoms with Gasteiger partial charge in [-0.2, -0.15) is 0 Å². The number of methoxy groups -OCH3 is 2. The van der Waals surface area contributed by atoms with Gasteiger partial charge in [-0.1, -0.05) is 12.1 Å². The summed E-state index contributed by atoms with van der Waals surface area (Å²) in [6.45, 7) is 0. The summed E-state index contributed by atoms with van der Waals surface area (Å²) in [5.74, 6) is 0.963. The largest absolute Gasteiger partial charge is 0.496 e. The van der Waals surface area contributed by atoms with Crippen LogP contribution in [0, 0.1) is 0 Å². The first-order valence-electron chi connectivity index (χ1n) is 5.78. The fraction of sp³-hybridized carbons (Fsp3) is 0.133. The summed E-state index contributed by atoms with van der Waals surface area (Å²) >= 11 is 0. The third kappa shape index (κ3) is 2.52. The van der Waals surface area contributed by atoms with Crippen LogP contribution in [0.3, 0.4) is 0 Å². The minimum atomic E-state index is -0.133. The minimum Gasteiger partial charge on any atom is -0.496 e. The Morgan fingerprint density at radius 3 is 2.32 bits per heavy atom. The number of carbonyl (C=O) groups excluding carboxylic acids is 1. The second-order valence-corrected chi connectivity index (χ2v) is 3.99. The van der Waals surface area contributed by atoms with Crippen molar-refractivity contribution in [1.82, 2.24) is 0 Å². The molecule has 0 saturated heterocycles. The number of ketones is 1. The fourth-order valence-corrected chi connectivity index (χ4v) is 1.86. The summed E-state index contributed by atoms with van der Waals surface area (Å²) < 4.78 is 10.3. The topological polar surface area (TPSA) is 61.5 Å². The third-order valence-electron chi connectivity index (χ3n) is 2.84. The molecule has 98 valence electrons. The number of nitrogen functional groups attached to an aromatic ring is 1. The molecule has 0 heterocycles. The molecule has 0 aliphatic carbocycles. The zero-order valence-electron chi connectivity index (χ0n) is 10.8. The maximum atomic E-state index is 12.4. The van der Waals surface area contributed by atoms with Gasteiger partial charge in [-0.3, -0.25) is 4.79 Å². The highest BCUT2D eigenvalue weighted by molar-refractivity contribution is 6.11. The Morgan fingerprint density at radius 2 is 1.68 bits per heavy atom. The molecule has 0 aliphatic rings. The first-order valence-corrected chi connectivity index (χ1v) is 5.78. The highest BCUT2D eigenvalue weighted by Crippen LogP contribution is 2.26. The quantitative estimate of drug-likeness (QED) is 0.675. The summed E-state index contributed by atoms with van der Waals surface area (Å²) in [5, 5.41) is 0. The number of carbonyl (C=O) groups is 1. The Kier molecular flexibility index (Phi) is 3.71. The molecular weight excluding hydrogens is 242 g/mol. The highest BCUT2D eigenvalue weighted by Gasteiger charge is 2.15. The van der Waals surface area contributed by atoms with Gasteiger partial charge in [0.25, 0.3) is 0 Å². The average molecular weight is 257 g/mol. The van der Waals surface area contributed by atoms with Gasteiger partial charge in [0.05, 0.1) is 25.5 Å². The van der Waals surface area contributed by atoms with E-state index in [9.17, 15) is 4.79 Å². The first-order chi connectivity index (χ1) is 9.17. The van der Waals surface area contributed by atoms with Crippen LogP contribution in [0.15, 0.2) is 42.5 Å². The lowest BCUT2D eigenvalue weighted by molar-refractivity contribution is 0.103. The Morgan fingerprint density at radius 1 is 1.00 bits per heavy atom. The Bertz CT molecular complexity index is 608. The van der Waals surface area contributed by atoms with Gasteiger partial charge in [-0.25, -0.2) is 0 Å². The van der Waals surface area contributed by atoms with Crippen molar-refractivity contribution in [3.63, 3.8) is 0 Å². The monoisotopic (exact) mass is 257 g/mol. The van der Waals surface area contributed by atoms with Crippen LogP contribution in [0.2, 0.25) is 0 Å². The molecule has 0 atom stereocenters. The molecule has 4 heteroatoms. The number of rotatable bonds is 4. The molecule has 0 saturated carbocycles. The lowest BCUT2D eigenvalue weighted by Crippen LogP contribution is -2.05. The Balaban J connectivity index is 2.41. The van der Waals surface area contributed by atoms with E-state index in [0.29, 0.717) is 28.3 Å². The van der Waals surface area contributed by atoms with Gasteiger partial charge < -0.3 is 15.2 Å². The molecule has 2 aromatic carbocycles. The molecule has 0 amide bonds. The van der Waals surface area contributed by atoms with E-state index >= 15 is 0 Å². The highest BCUT2D eigenvalue weighted by atomic mass is 16.5. The molecule has 0 fully saturated rings. The average Bonchev–Trinajstić information content (AvgIpc) is 2.46. The molecule has 0 unspecified atom stereocenters. The number of benzene rings is 2. The van der Waals surface area contributed by atoms with Crippen LogP contribution in [-0.2, 0) is 0 Å². The van der Waals surface area contributed by atoms with Crippen molar-refractivity contribution in [3.8, 4) is 11.5 Å². The number of hydrogen-bond acceptors (Lipinski definition) is 4. The molecule has 0 spiro atoms. The number of ether oxygens (including phenoxy) is 2. The number of anilines is 1. The van der Waals surface area contributed by atoms with Crippen LogP contribution in [-0.4, -0.2) is 20.0 Å². The van der Waals surface area contributed by atoms with Crippen molar-refractivity contribution in [2.24, 2.45) is 0 Å². The van der Waals surface area contributed by atoms with Gasteiger partial charge in [0.1, 0.15) is 11.5 Å². The summed E-state index contributed by atoms with van der Waals surface area (Å²) in [7, 11) is 3.07. The van der Waals surface area contributed by atoms with Crippen LogP contribution in [0.5, 0.6) is 11.5 Å². The van der Waals surface area contributed by atoms with Gasteiger partial charge in [-0.15, -0.1) is 0 Å². The maximum absolute atomic E-state index is 12.4. The summed E-state index contributed by atoms with van der Waals surface area (Å²) in [5.41, 5.74) is 7.25. The maximum Gasteiger partial charge on any atom is 0.196 e. The van der Waals surface area contributed by atoms with E-state index in [-0.39, 0.29) is 5.78 Å². The van der Waals surface area contributed by atoms with E-state index in [1.54, 1.807) is 36.4 Å². The number of hydrogen-bond donors (Lipinski definition) is 1. The second kappa shape index (κ2) is 5.44. The zero-order valence-corrected chi connectivity index (χ0v) is 10.8. The van der Waals surface area contributed by atoms with Gasteiger partial charge in [0.2, 0.25) is 0 Å². The van der Waals surface area contributed by atoms with E-state index < -0.39 is 0 Å². The van der Waals surface area contributed by atoms with Gasteiger partial charge in [-0.05, 0) is 30.3 Å². The van der Waals surface area contributed by atoms with Crippen molar-refractivity contribution in [2.75, 3.05) is 20.0 Å². The van der Waals surface area contributed by atoms with Crippen LogP contribution in [0.25, 0.3) is 0 Å². The third-order valence-corrected chi connectivity index (χ3v) is 2.84. The molecule has 4 nitrogen and oxygen atoms in total. The summed E-state index contributed by atoms with van der Waals surface area (Å²) in [6.07, 6.45) is 0. The van der Waals surface area contributed by atoms with Crippen LogP contribution >= 0.6 is 0 Å². The smallest absolute Gasteiger partial charge is 0.196 e. The SMILES string of the molecule is COc1ccc(C(=O)c2ccccc2OC)cc1N. The zero-order chi connectivity index (χ0) is 13.8. The van der Waals surface area contributed by atoms with Gasteiger partial charge in [0, 0.05) is 5.56 Å². The predicted octanol–water partition coefficient (Wildman–Crippen LogP) is 2.52. The minimum absolute atomic E-state index is 0.133. The Labute approximate surface area is 111 Å². The normalized spacial score (nSPS) is 10.0. The number of nitrogens with two attached hydrogens (primary N) is 1. The van der Waals surface area contributed by atoms with E-state index in [1.807, 2.05) is 6.07 Å². The van der Waals surface area contributed by atoms with E-state index in [4.69, 9.17) is 15.2 Å². The molecule has 2 aromatic rings. The van der Waals surface area contributed by atoms with E-state index in [1.165, 1.54) is 14.2 Å². The molecule has 19 heavy (non-hydrogen) atoms. The standard InChI is InChI=1S/C15H15NO3/c1-18-13-6-4-3-5-11(13)15(17)10-7-8-14(19-2)12(16)9-10/h3-9H,16H2,1-2H3. The van der Waals surface area contributed by atoms with Crippen LogP contribution in [0.1, 0.15) is 15.9 Å². The second-order valence-electron chi connectivity index (χ2n) is 3.99. The fourth-order valence-electron chi connectivity index (χ4n) is 1.86. The molecule has 0 aliphatic heterocycles. The predicted molar refractivity (Wildman–Crippen MR) is 73.8 cm³/mol. The van der Waals surface area contributed by atoms with Crippen LogP contribution in [0.4, 0.5) is 5.69 Å². The molecule has 0 bridgehead atoms. The van der Waals surface area contributed by atoms with Crippen molar-refractivity contribution in [1.29, 1.82) is 0 Å². The molecule has 0 radical (unpaired) electrons. The van der Waals surface area contributed by atoms with Crippen molar-refractivity contribution in [3.05, 3.63) is 53.6 Å². The van der Waals surface area contributed by atoms with Gasteiger partial charge in [0.15, 0.2) is 5.78 Å². The van der Waals surface area contributed by atoms with Crippen molar-refractivity contribution in [2.45, 2.75) is 0 Å². The molecule has 2 N–H and O–H groups in total. The summed E-state index contributed by atoms with van der Waals surface area (Å²) in [6, 6.07) is 12.1. The number of para-hydroxylation sites is 1. The van der Waals surface area contributed by atoms with E-state index in [0.717, 1.165) is 0 Å². The Hall–Kier alpha value is -2.49. The first kappa shape index (κ1) is 13.0. The van der Waals surface area contributed by atoms with Crippen LogP contribution < -0.4 is 15.2 Å².